The molecule has 4 aliphatic rings. The molecule has 2 aromatic heterocycles. The van der Waals surface area contributed by atoms with Crippen LogP contribution in [-0.2, 0) is 0 Å². The van der Waals surface area contributed by atoms with Crippen LogP contribution in [0.5, 0.6) is 0 Å². The molecule has 29 heavy (non-hydrogen) atoms. The summed E-state index contributed by atoms with van der Waals surface area (Å²) in [7, 11) is 0. The molecular weight excluding hydrogens is 362 g/mol. The van der Waals surface area contributed by atoms with E-state index in [1.807, 2.05) is 22.9 Å². The van der Waals surface area contributed by atoms with Crippen molar-refractivity contribution in [2.45, 2.75) is 37.8 Å². The number of benzene rings is 1. The maximum Gasteiger partial charge on any atom is 0.274 e. The number of carbonyl (C=O) groups is 1. The standard InChI is InChI=1S/C23H25N5O/c1-15-3-5-16(6-4-15)18-13-28(20-17-7-11-26(12-8-17)21(18)20)22(29)19-14-27-10-2-9-24-23(27)25-19/h2-6,9-10,14,17-18,20-21H,7-8,11-13H2,1H3/t18-,20-,21-/m0/s1. The molecule has 148 valence electrons. The van der Waals surface area contributed by atoms with E-state index >= 15 is 0 Å². The first kappa shape index (κ1) is 17.2. The largest absolute Gasteiger partial charge is 0.332 e. The molecule has 0 unspecified atom stereocenters. The van der Waals surface area contributed by atoms with Crippen molar-refractivity contribution in [1.82, 2.24) is 24.2 Å². The number of nitrogens with zero attached hydrogens (tertiary/aromatic N) is 5. The second-order valence-corrected chi connectivity index (χ2v) is 8.78. The van der Waals surface area contributed by atoms with E-state index in [0.29, 0.717) is 29.3 Å². The second kappa shape index (κ2) is 6.39. The van der Waals surface area contributed by atoms with Gasteiger partial charge in [-0.15, -0.1) is 0 Å². The number of aryl methyl sites for hydroxylation is 1. The quantitative estimate of drug-likeness (QED) is 0.679. The summed E-state index contributed by atoms with van der Waals surface area (Å²) in [5.41, 5.74) is 3.13. The molecule has 1 aromatic carbocycles. The number of fused-ring (bicyclic) bond motifs is 3. The lowest BCUT2D eigenvalue weighted by Gasteiger charge is -2.51. The Kier molecular flexibility index (Phi) is 3.78. The maximum atomic E-state index is 13.6. The Balaban J connectivity index is 1.39. The number of rotatable bonds is 2. The Hall–Kier alpha value is -2.73. The van der Waals surface area contributed by atoms with E-state index in [0.717, 1.165) is 19.6 Å². The molecule has 0 saturated carbocycles. The predicted octanol–water partition coefficient (Wildman–Crippen LogP) is 2.74. The third kappa shape index (κ3) is 2.62. The Bertz CT molecular complexity index is 1030. The zero-order valence-electron chi connectivity index (χ0n) is 16.6. The summed E-state index contributed by atoms with van der Waals surface area (Å²) < 4.78 is 1.83. The van der Waals surface area contributed by atoms with Gasteiger partial charge in [-0.3, -0.25) is 14.1 Å². The Morgan fingerprint density at radius 3 is 2.66 bits per heavy atom. The van der Waals surface area contributed by atoms with Crippen LogP contribution in [0.3, 0.4) is 0 Å². The minimum Gasteiger partial charge on any atom is -0.332 e. The van der Waals surface area contributed by atoms with Crippen LogP contribution in [0.4, 0.5) is 0 Å². The lowest BCUT2D eigenvalue weighted by molar-refractivity contribution is -0.00356. The lowest BCUT2D eigenvalue weighted by Crippen LogP contribution is -2.60. The van der Waals surface area contributed by atoms with Crippen LogP contribution >= 0.6 is 0 Å². The molecule has 0 N–H and O–H groups in total. The molecular formula is C23H25N5O. The van der Waals surface area contributed by atoms with Gasteiger partial charge in [0.2, 0.25) is 5.78 Å². The molecule has 7 rings (SSSR count). The number of amides is 1. The van der Waals surface area contributed by atoms with E-state index in [1.54, 1.807) is 6.20 Å². The number of imidazole rings is 1. The molecule has 0 radical (unpaired) electrons. The Morgan fingerprint density at radius 2 is 1.90 bits per heavy atom. The van der Waals surface area contributed by atoms with E-state index in [2.05, 4.69) is 51.0 Å². The molecule has 1 amide bonds. The van der Waals surface area contributed by atoms with Crippen LogP contribution < -0.4 is 0 Å². The van der Waals surface area contributed by atoms with Gasteiger partial charge in [-0.2, -0.15) is 0 Å². The molecule has 4 saturated heterocycles. The molecule has 6 heteroatoms. The highest BCUT2D eigenvalue weighted by Crippen LogP contribution is 2.46. The van der Waals surface area contributed by atoms with Gasteiger partial charge < -0.3 is 4.90 Å². The summed E-state index contributed by atoms with van der Waals surface area (Å²) in [6.45, 7) is 5.22. The van der Waals surface area contributed by atoms with Gasteiger partial charge in [-0.25, -0.2) is 9.97 Å². The van der Waals surface area contributed by atoms with Gasteiger partial charge in [0, 0.05) is 37.1 Å². The molecule has 3 aromatic rings. The van der Waals surface area contributed by atoms with E-state index in [1.165, 1.54) is 24.0 Å². The summed E-state index contributed by atoms with van der Waals surface area (Å²) in [4.78, 5) is 27.1. The molecule has 0 spiro atoms. The van der Waals surface area contributed by atoms with Crippen molar-refractivity contribution < 1.29 is 4.79 Å². The highest BCUT2D eigenvalue weighted by molar-refractivity contribution is 5.93. The summed E-state index contributed by atoms with van der Waals surface area (Å²) in [5, 5.41) is 0. The third-order valence-corrected chi connectivity index (χ3v) is 7.22. The number of carbonyl (C=O) groups excluding carboxylic acids is 1. The highest BCUT2D eigenvalue weighted by atomic mass is 16.2. The fraction of sp³-hybridized carbons (Fsp3) is 0.435. The maximum absolute atomic E-state index is 13.6. The van der Waals surface area contributed by atoms with Gasteiger partial charge in [0.25, 0.3) is 5.91 Å². The van der Waals surface area contributed by atoms with Crippen LogP contribution in [0, 0.1) is 12.8 Å². The van der Waals surface area contributed by atoms with Gasteiger partial charge in [0.05, 0.1) is 6.04 Å². The first-order valence-electron chi connectivity index (χ1n) is 10.6. The summed E-state index contributed by atoms with van der Waals surface area (Å²) in [6, 6.07) is 11.5. The summed E-state index contributed by atoms with van der Waals surface area (Å²) >= 11 is 0. The fourth-order valence-corrected chi connectivity index (χ4v) is 5.84. The van der Waals surface area contributed by atoms with Gasteiger partial charge >= 0.3 is 0 Å². The minimum atomic E-state index is 0.0499. The van der Waals surface area contributed by atoms with Crippen molar-refractivity contribution >= 4 is 11.7 Å². The first-order valence-corrected chi connectivity index (χ1v) is 10.6. The predicted molar refractivity (Wildman–Crippen MR) is 110 cm³/mol. The van der Waals surface area contributed by atoms with E-state index < -0.39 is 0 Å². The molecule has 4 aliphatic heterocycles. The molecule has 0 aliphatic carbocycles. The molecule has 6 nitrogen and oxygen atoms in total. The van der Waals surface area contributed by atoms with Crippen molar-refractivity contribution in [3.8, 4) is 0 Å². The number of piperidine rings is 3. The summed E-state index contributed by atoms with van der Waals surface area (Å²) in [6.07, 6.45) is 7.81. The highest BCUT2D eigenvalue weighted by Gasteiger charge is 2.54. The molecule has 4 fully saturated rings. The Labute approximate surface area is 170 Å². The average molecular weight is 387 g/mol. The van der Waals surface area contributed by atoms with Crippen LogP contribution in [-0.4, -0.2) is 61.8 Å². The normalized spacial score (nSPS) is 30.7. The topological polar surface area (TPSA) is 53.7 Å². The number of hydrogen-bond acceptors (Lipinski definition) is 4. The van der Waals surface area contributed by atoms with Gasteiger partial charge in [0.1, 0.15) is 5.69 Å². The van der Waals surface area contributed by atoms with Crippen molar-refractivity contribution in [3.05, 3.63) is 65.7 Å². The van der Waals surface area contributed by atoms with Crippen LogP contribution in [0.1, 0.15) is 40.4 Å². The van der Waals surface area contributed by atoms with Crippen LogP contribution in [0.15, 0.2) is 48.9 Å². The fourth-order valence-electron chi connectivity index (χ4n) is 5.84. The third-order valence-electron chi connectivity index (χ3n) is 7.22. The van der Waals surface area contributed by atoms with Crippen LogP contribution in [0.2, 0.25) is 0 Å². The number of hydrogen-bond donors (Lipinski definition) is 0. The monoisotopic (exact) mass is 387 g/mol. The van der Waals surface area contributed by atoms with Gasteiger partial charge in [-0.1, -0.05) is 29.8 Å². The number of likely N-dealkylation sites (tertiary alicyclic amines) is 1. The lowest BCUT2D eigenvalue weighted by atomic mass is 9.75. The van der Waals surface area contributed by atoms with Crippen molar-refractivity contribution in [1.29, 1.82) is 0 Å². The van der Waals surface area contributed by atoms with E-state index in [-0.39, 0.29) is 11.9 Å². The average Bonchev–Trinajstić information content (AvgIpc) is 3.38. The summed E-state index contributed by atoms with van der Waals surface area (Å²) in [5.74, 6) is 1.59. The zero-order valence-corrected chi connectivity index (χ0v) is 16.6. The minimum absolute atomic E-state index is 0.0499. The van der Waals surface area contributed by atoms with Crippen molar-refractivity contribution in [2.75, 3.05) is 19.6 Å². The van der Waals surface area contributed by atoms with Gasteiger partial charge in [-0.05, 0) is 50.4 Å². The van der Waals surface area contributed by atoms with Crippen molar-refractivity contribution in [3.63, 3.8) is 0 Å². The number of aromatic nitrogens is 3. The SMILES string of the molecule is Cc1ccc([C@@H]2CN(C(=O)c3cn4cccnc4n3)[C@H]3C4CCN(CC4)[C@@H]23)cc1. The van der Waals surface area contributed by atoms with E-state index in [4.69, 9.17) is 0 Å². The first-order chi connectivity index (χ1) is 14.2. The van der Waals surface area contributed by atoms with Gasteiger partial charge in [0.15, 0.2) is 0 Å². The molecule has 2 bridgehead atoms. The smallest absolute Gasteiger partial charge is 0.274 e. The van der Waals surface area contributed by atoms with Crippen molar-refractivity contribution in [2.24, 2.45) is 5.92 Å². The molecule has 3 atom stereocenters. The molecule has 6 heterocycles. The zero-order chi connectivity index (χ0) is 19.5. The van der Waals surface area contributed by atoms with E-state index in [9.17, 15) is 4.79 Å². The van der Waals surface area contributed by atoms with Crippen LogP contribution in [0.25, 0.3) is 5.78 Å². The Morgan fingerprint density at radius 1 is 1.10 bits per heavy atom. The second-order valence-electron chi connectivity index (χ2n) is 8.78.